The van der Waals surface area contributed by atoms with Crippen LogP contribution in [-0.4, -0.2) is 108 Å². The summed E-state index contributed by atoms with van der Waals surface area (Å²) in [7, 11) is 3.68. The third kappa shape index (κ3) is 12.1. The summed E-state index contributed by atoms with van der Waals surface area (Å²) in [6.07, 6.45) is 4.50. The lowest BCUT2D eigenvalue weighted by Crippen LogP contribution is -2.64. The Morgan fingerprint density at radius 3 is 2.53 bits per heavy atom. The molecule has 0 aliphatic carbocycles. The second kappa shape index (κ2) is 20.7. The molecule has 0 spiro atoms. The number of aliphatic hydroxyl groups is 2. The molecule has 12 heteroatoms. The summed E-state index contributed by atoms with van der Waals surface area (Å²) in [5.41, 5.74) is 1.76. The number of aryl methyl sites for hydroxylation is 1. The highest BCUT2D eigenvalue weighted by molar-refractivity contribution is 5.91. The number of esters is 1. The quantitative estimate of drug-likeness (QED) is 0.193. The molecule has 51 heavy (non-hydrogen) atoms. The Labute approximate surface area is 302 Å². The maximum absolute atomic E-state index is 13.3. The van der Waals surface area contributed by atoms with Crippen molar-refractivity contribution in [2.45, 2.75) is 122 Å². The lowest BCUT2D eigenvalue weighted by Gasteiger charge is -2.48. The van der Waals surface area contributed by atoms with Gasteiger partial charge in [0.15, 0.2) is 12.1 Å². The minimum atomic E-state index is -1.27. The number of likely N-dealkylation sites (N-methyl/N-ethyl adjacent to an activating group) is 1. The molecule has 0 unspecified atom stereocenters. The zero-order valence-corrected chi connectivity index (χ0v) is 31.1. The number of carbonyl (C=O) groups excluding carboxylic acids is 3. The summed E-state index contributed by atoms with van der Waals surface area (Å²) >= 11 is 0. The molecule has 0 bridgehead atoms. The minimum absolute atomic E-state index is 0.00629. The Morgan fingerprint density at radius 2 is 1.90 bits per heavy atom. The Bertz CT molecular complexity index is 1360. The first-order valence-electron chi connectivity index (χ1n) is 18.1. The summed E-state index contributed by atoms with van der Waals surface area (Å²) in [6, 6.07) is 5.56. The van der Waals surface area contributed by atoms with Crippen LogP contribution in [0.4, 0.5) is 0 Å². The van der Waals surface area contributed by atoms with E-state index in [-0.39, 0.29) is 25.0 Å². The van der Waals surface area contributed by atoms with Crippen LogP contribution < -0.4 is 0 Å². The molecule has 282 valence electrons. The number of allylic oxidation sites excluding steroid dienone is 3. The van der Waals surface area contributed by atoms with Crippen molar-refractivity contribution < 1.29 is 43.5 Å². The van der Waals surface area contributed by atoms with Crippen LogP contribution in [0.3, 0.4) is 0 Å². The lowest BCUT2D eigenvalue weighted by atomic mass is 9.79. The van der Waals surface area contributed by atoms with Crippen LogP contribution in [-0.2, 0) is 39.8 Å². The van der Waals surface area contributed by atoms with Crippen LogP contribution in [0.1, 0.15) is 72.3 Å². The minimum Gasteiger partial charge on any atom is -0.461 e. The zero-order chi connectivity index (χ0) is 37.7. The molecule has 1 aromatic rings. The smallest absolute Gasteiger partial charge is 0.308 e. The fourth-order valence-corrected chi connectivity index (χ4v) is 7.02. The fraction of sp³-hybridized carbons (Fsp3) is 0.667. The van der Waals surface area contributed by atoms with Crippen molar-refractivity contribution in [3.8, 4) is 6.07 Å². The van der Waals surface area contributed by atoms with Gasteiger partial charge in [-0.1, -0.05) is 44.6 Å². The number of aliphatic hydroxyl groups excluding tert-OH is 2. The third-order valence-electron chi connectivity index (χ3n) is 10.0. The molecule has 1 fully saturated rings. The first kappa shape index (κ1) is 42.1. The van der Waals surface area contributed by atoms with Crippen LogP contribution >= 0.6 is 0 Å². The molecule has 3 heterocycles. The summed E-state index contributed by atoms with van der Waals surface area (Å²) in [5.74, 6) is -3.47. The third-order valence-corrected chi connectivity index (χ3v) is 10.0. The number of pyridine rings is 1. The van der Waals surface area contributed by atoms with Crippen molar-refractivity contribution in [3.05, 3.63) is 53.9 Å². The number of ketones is 1. The van der Waals surface area contributed by atoms with E-state index in [2.05, 4.69) is 11.1 Å². The van der Waals surface area contributed by atoms with Crippen molar-refractivity contribution in [2.75, 3.05) is 20.7 Å². The standard InChI is InChI=1S/C39H57N3O9/c1-8-33-30(22-40)19-24(2)13-14-31(44)25(3)20-29(15-17-43)37(26(4)32(45)21-34(46)50-33)51-39-36(47)35(42(6)7)38(27(5)49-39)48-18-10-12-28-11-9-16-41-23-28/h9,11,13-14,16-17,19,23,25-27,29-30,32-33,35-39,45,47H,8,10,12,15,18,20-21H2,1-7H3/b14-13+,24-19+/t25-,26+,27-,29+,30-,32-,33-,35-,36-,37-,38-,39+/m1/s1. The molecular formula is C39H57N3O9. The van der Waals surface area contributed by atoms with Gasteiger partial charge in [-0.2, -0.15) is 5.26 Å². The molecule has 0 amide bonds. The molecule has 1 saturated heterocycles. The Balaban J connectivity index is 1.89. The van der Waals surface area contributed by atoms with Gasteiger partial charge in [-0.05, 0) is 77.2 Å². The van der Waals surface area contributed by atoms with Crippen LogP contribution in [0.15, 0.2) is 48.3 Å². The number of nitrogens with zero attached hydrogens (tertiary/aromatic N) is 3. The van der Waals surface area contributed by atoms with Gasteiger partial charge >= 0.3 is 5.97 Å². The van der Waals surface area contributed by atoms with E-state index < -0.39 is 78.6 Å². The van der Waals surface area contributed by atoms with Gasteiger partial charge in [-0.25, -0.2) is 0 Å². The van der Waals surface area contributed by atoms with Crippen LogP contribution in [0.5, 0.6) is 0 Å². The summed E-state index contributed by atoms with van der Waals surface area (Å²) < 4.78 is 24.8. The number of rotatable bonds is 11. The fourth-order valence-electron chi connectivity index (χ4n) is 7.02. The van der Waals surface area contributed by atoms with Gasteiger partial charge < -0.3 is 38.9 Å². The van der Waals surface area contributed by atoms with Gasteiger partial charge in [-0.15, -0.1) is 0 Å². The van der Waals surface area contributed by atoms with E-state index >= 15 is 0 Å². The number of carbonyl (C=O) groups is 3. The number of hydrogen-bond donors (Lipinski definition) is 2. The van der Waals surface area contributed by atoms with Gasteiger partial charge in [-0.3, -0.25) is 14.6 Å². The molecule has 0 radical (unpaired) electrons. The topological polar surface area (TPSA) is 169 Å². The highest BCUT2D eigenvalue weighted by Gasteiger charge is 2.48. The number of ether oxygens (including phenoxy) is 4. The molecule has 0 aromatic carbocycles. The summed E-state index contributed by atoms with van der Waals surface area (Å²) in [6.45, 7) is 9.31. The molecule has 1 aromatic heterocycles. The molecule has 2 N–H and O–H groups in total. The summed E-state index contributed by atoms with van der Waals surface area (Å²) in [4.78, 5) is 44.5. The van der Waals surface area contributed by atoms with Gasteiger partial charge in [0, 0.05) is 37.3 Å². The van der Waals surface area contributed by atoms with E-state index in [1.165, 1.54) is 6.08 Å². The highest BCUT2D eigenvalue weighted by atomic mass is 16.7. The molecule has 3 rings (SSSR count). The second-order valence-corrected chi connectivity index (χ2v) is 14.2. The number of hydrogen-bond acceptors (Lipinski definition) is 12. The van der Waals surface area contributed by atoms with E-state index in [0.717, 1.165) is 24.7 Å². The normalized spacial score (nSPS) is 36.1. The van der Waals surface area contributed by atoms with Gasteiger partial charge in [0.05, 0.1) is 36.8 Å². The predicted octanol–water partition coefficient (Wildman–Crippen LogP) is 3.99. The SMILES string of the molecule is CC[C@H]1OC(=O)C[C@@H](O)[C@H](C)[C@@H](O[C@@H]2O[C@H](C)[C@@H](OCCCc3cccnc3)[C@H](N(C)C)[C@H]2O)[C@@H](CC=O)C[C@@H](C)C(=O)/C=C/C(C)=C/[C@@H]1C#N. The number of aromatic nitrogens is 1. The zero-order valence-electron chi connectivity index (χ0n) is 31.1. The first-order chi connectivity index (χ1) is 24.3. The van der Waals surface area contributed by atoms with Gasteiger partial charge in [0.1, 0.15) is 30.5 Å². The average Bonchev–Trinajstić information content (AvgIpc) is 3.10. The molecule has 12 nitrogen and oxygen atoms in total. The van der Waals surface area contributed by atoms with Crippen molar-refractivity contribution >= 4 is 18.0 Å². The van der Waals surface area contributed by atoms with Crippen molar-refractivity contribution in [1.82, 2.24) is 9.88 Å². The average molecular weight is 712 g/mol. The highest BCUT2D eigenvalue weighted by Crippen LogP contribution is 2.35. The van der Waals surface area contributed by atoms with E-state index in [4.69, 9.17) is 18.9 Å². The molecular weight excluding hydrogens is 654 g/mol. The second-order valence-electron chi connectivity index (χ2n) is 14.2. The summed E-state index contributed by atoms with van der Waals surface area (Å²) in [5, 5.41) is 33.0. The van der Waals surface area contributed by atoms with E-state index in [1.54, 1.807) is 46.0 Å². The maximum Gasteiger partial charge on any atom is 0.308 e. The van der Waals surface area contributed by atoms with Crippen LogP contribution in [0.2, 0.25) is 0 Å². The number of nitriles is 1. The van der Waals surface area contributed by atoms with E-state index in [0.29, 0.717) is 18.6 Å². The molecule has 12 atom stereocenters. The van der Waals surface area contributed by atoms with Crippen molar-refractivity contribution in [2.24, 2.45) is 23.7 Å². The Morgan fingerprint density at radius 1 is 1.16 bits per heavy atom. The van der Waals surface area contributed by atoms with Crippen LogP contribution in [0.25, 0.3) is 0 Å². The number of aldehydes is 1. The van der Waals surface area contributed by atoms with Crippen LogP contribution in [0, 0.1) is 35.0 Å². The Hall–Kier alpha value is -3.31. The molecule has 2 aliphatic heterocycles. The molecule has 0 saturated carbocycles. The lowest BCUT2D eigenvalue weighted by molar-refractivity contribution is -0.308. The Kier molecular flexibility index (Phi) is 17.1. The first-order valence-corrected chi connectivity index (χ1v) is 18.1. The largest absolute Gasteiger partial charge is 0.461 e. The van der Waals surface area contributed by atoms with Crippen molar-refractivity contribution in [3.63, 3.8) is 0 Å². The molecule has 2 aliphatic rings. The van der Waals surface area contributed by atoms with Crippen molar-refractivity contribution in [1.29, 1.82) is 5.26 Å². The number of cyclic esters (lactones) is 1. The predicted molar refractivity (Wildman–Crippen MR) is 190 cm³/mol. The van der Waals surface area contributed by atoms with Gasteiger partial charge in [0.2, 0.25) is 0 Å². The van der Waals surface area contributed by atoms with E-state index in [1.807, 2.05) is 44.2 Å². The monoisotopic (exact) mass is 711 g/mol. The van der Waals surface area contributed by atoms with E-state index in [9.17, 15) is 29.9 Å². The van der Waals surface area contributed by atoms with Gasteiger partial charge in [0.25, 0.3) is 0 Å². The maximum atomic E-state index is 13.3.